The summed E-state index contributed by atoms with van der Waals surface area (Å²) in [6.07, 6.45) is 0. The summed E-state index contributed by atoms with van der Waals surface area (Å²) in [5, 5.41) is 11.9. The van der Waals surface area contributed by atoms with E-state index in [2.05, 4.69) is 205 Å². The van der Waals surface area contributed by atoms with Gasteiger partial charge >= 0.3 is 0 Å². The van der Waals surface area contributed by atoms with Gasteiger partial charge in [0.15, 0.2) is 0 Å². The summed E-state index contributed by atoms with van der Waals surface area (Å²) in [4.78, 5) is 2.40. The van der Waals surface area contributed by atoms with Crippen LogP contribution in [0, 0.1) is 0 Å². The summed E-state index contributed by atoms with van der Waals surface area (Å²) in [5.41, 5.74) is 9.83. The standard InChI is InChI=1S/C54H33NOS/c1-3-12-38-30-41(27-24-34(38)10-1)55(42-28-25-35-11-2-4-13-39(35)31-42)49-17-9-18-50-53(49)48-33-47(43-14-5-6-16-46(43)54(48)56-50)37-22-20-36(21-23-37)40-26-29-45-44-15-7-8-19-51(44)57-52(45)32-40/h1-33H. The lowest BCUT2D eigenvalue weighted by molar-refractivity contribution is 0.672. The second kappa shape index (κ2) is 12.7. The molecule has 0 saturated carbocycles. The molecule has 0 N–H and O–H groups in total. The van der Waals surface area contributed by atoms with Crippen molar-refractivity contribution in [1.29, 1.82) is 0 Å². The summed E-state index contributed by atoms with van der Waals surface area (Å²) in [6, 6.07) is 72.8. The Balaban J connectivity index is 1.05. The van der Waals surface area contributed by atoms with Crippen molar-refractivity contribution in [2.45, 2.75) is 0 Å². The largest absolute Gasteiger partial charge is 0.455 e. The van der Waals surface area contributed by atoms with Gasteiger partial charge in [-0.1, -0.05) is 146 Å². The van der Waals surface area contributed by atoms with Gasteiger partial charge in [0.05, 0.1) is 11.1 Å². The maximum atomic E-state index is 6.87. The normalized spacial score (nSPS) is 11.9. The lowest BCUT2D eigenvalue weighted by Gasteiger charge is -2.27. The molecule has 12 rings (SSSR count). The van der Waals surface area contributed by atoms with Crippen LogP contribution in [-0.4, -0.2) is 0 Å². The van der Waals surface area contributed by atoms with Crippen LogP contribution >= 0.6 is 11.3 Å². The van der Waals surface area contributed by atoms with Gasteiger partial charge in [0, 0.05) is 42.3 Å². The first kappa shape index (κ1) is 32.1. The second-order valence-electron chi connectivity index (χ2n) is 14.9. The molecule has 0 aliphatic rings. The molecule has 0 unspecified atom stereocenters. The van der Waals surface area contributed by atoms with Crippen LogP contribution in [0.4, 0.5) is 17.1 Å². The summed E-state index contributed by atoms with van der Waals surface area (Å²) in [7, 11) is 0. The van der Waals surface area contributed by atoms with Crippen LogP contribution in [0.5, 0.6) is 0 Å². The molecule has 2 heterocycles. The maximum Gasteiger partial charge on any atom is 0.143 e. The minimum absolute atomic E-state index is 0.864. The number of thiophene rings is 1. The molecule has 10 aromatic carbocycles. The van der Waals surface area contributed by atoms with E-state index in [1.54, 1.807) is 0 Å². The topological polar surface area (TPSA) is 16.4 Å². The van der Waals surface area contributed by atoms with E-state index in [9.17, 15) is 0 Å². The number of furan rings is 1. The van der Waals surface area contributed by atoms with Crippen LogP contribution in [0.25, 0.3) is 96.7 Å². The van der Waals surface area contributed by atoms with Gasteiger partial charge in [-0.15, -0.1) is 11.3 Å². The smallest absolute Gasteiger partial charge is 0.143 e. The predicted octanol–water partition coefficient (Wildman–Crippen LogP) is 16.2. The number of nitrogens with zero attached hydrogens (tertiary/aromatic N) is 1. The lowest BCUT2D eigenvalue weighted by Crippen LogP contribution is -2.10. The molecule has 0 aliphatic heterocycles. The quantitative estimate of drug-likeness (QED) is 0.175. The van der Waals surface area contributed by atoms with Crippen molar-refractivity contribution in [2.75, 3.05) is 4.90 Å². The Morgan fingerprint density at radius 3 is 1.70 bits per heavy atom. The molecule has 0 fully saturated rings. The van der Waals surface area contributed by atoms with E-state index in [-0.39, 0.29) is 0 Å². The Kier molecular flexibility index (Phi) is 7.13. The molecule has 3 heteroatoms. The second-order valence-corrected chi connectivity index (χ2v) is 16.0. The van der Waals surface area contributed by atoms with Crippen LogP contribution in [0.15, 0.2) is 205 Å². The average molecular weight is 744 g/mol. The summed E-state index contributed by atoms with van der Waals surface area (Å²) >= 11 is 1.86. The molecular formula is C54H33NOS. The van der Waals surface area contributed by atoms with Crippen molar-refractivity contribution in [1.82, 2.24) is 0 Å². The van der Waals surface area contributed by atoms with Crippen LogP contribution in [0.1, 0.15) is 0 Å². The van der Waals surface area contributed by atoms with E-state index in [1.165, 1.54) is 69.4 Å². The highest BCUT2D eigenvalue weighted by Gasteiger charge is 2.22. The average Bonchev–Trinajstić information content (AvgIpc) is 3.85. The fourth-order valence-corrected chi connectivity index (χ4v) is 10.0. The number of hydrogen-bond acceptors (Lipinski definition) is 3. The zero-order chi connectivity index (χ0) is 37.5. The highest BCUT2D eigenvalue weighted by molar-refractivity contribution is 7.25. The fraction of sp³-hybridized carbons (Fsp3) is 0. The number of fused-ring (bicyclic) bond motifs is 10. The van der Waals surface area contributed by atoms with Crippen LogP contribution in [-0.2, 0) is 0 Å². The van der Waals surface area contributed by atoms with Crippen molar-refractivity contribution in [3.63, 3.8) is 0 Å². The highest BCUT2D eigenvalue weighted by Crippen LogP contribution is 2.47. The van der Waals surface area contributed by atoms with E-state index in [0.717, 1.165) is 44.4 Å². The molecule has 0 spiro atoms. The van der Waals surface area contributed by atoms with Gasteiger partial charge in [-0.3, -0.25) is 0 Å². The maximum absolute atomic E-state index is 6.87. The summed E-state index contributed by atoms with van der Waals surface area (Å²) in [5.74, 6) is 0. The highest BCUT2D eigenvalue weighted by atomic mass is 32.1. The molecule has 0 bridgehead atoms. The molecule has 57 heavy (non-hydrogen) atoms. The fourth-order valence-electron chi connectivity index (χ4n) is 8.86. The zero-order valence-corrected chi connectivity index (χ0v) is 31.6. The molecule has 0 amide bonds. The first-order valence-electron chi connectivity index (χ1n) is 19.4. The lowest BCUT2D eigenvalue weighted by atomic mass is 9.93. The third kappa shape index (κ3) is 5.17. The Morgan fingerprint density at radius 2 is 0.965 bits per heavy atom. The molecule has 12 aromatic rings. The van der Waals surface area contributed by atoms with Crippen molar-refractivity contribution >= 4 is 103 Å². The third-order valence-corrected chi connectivity index (χ3v) is 12.7. The Morgan fingerprint density at radius 1 is 0.368 bits per heavy atom. The number of rotatable bonds is 5. The zero-order valence-electron chi connectivity index (χ0n) is 30.8. The van der Waals surface area contributed by atoms with Gasteiger partial charge in [0.2, 0.25) is 0 Å². The SMILES string of the molecule is c1ccc2cc(N(c3ccc4ccccc4c3)c3cccc4oc5c6ccccc6c(-c6ccc(-c7ccc8c(c7)sc7ccccc78)cc6)cc5c34)ccc2c1. The monoisotopic (exact) mass is 743 g/mol. The first-order valence-corrected chi connectivity index (χ1v) is 20.2. The van der Waals surface area contributed by atoms with Crippen LogP contribution in [0.3, 0.4) is 0 Å². The summed E-state index contributed by atoms with van der Waals surface area (Å²) in [6.45, 7) is 0. The molecule has 0 saturated heterocycles. The minimum atomic E-state index is 0.864. The van der Waals surface area contributed by atoms with Gasteiger partial charge in [0.25, 0.3) is 0 Å². The molecule has 2 nitrogen and oxygen atoms in total. The van der Waals surface area contributed by atoms with E-state index < -0.39 is 0 Å². The van der Waals surface area contributed by atoms with Crippen molar-refractivity contribution in [3.8, 4) is 22.3 Å². The van der Waals surface area contributed by atoms with Crippen molar-refractivity contribution in [3.05, 3.63) is 200 Å². The Hall–Kier alpha value is -7.20. The van der Waals surface area contributed by atoms with Gasteiger partial charge < -0.3 is 9.32 Å². The third-order valence-electron chi connectivity index (χ3n) is 11.6. The van der Waals surface area contributed by atoms with Gasteiger partial charge in [-0.25, -0.2) is 0 Å². The van der Waals surface area contributed by atoms with Crippen LogP contribution in [0.2, 0.25) is 0 Å². The van der Waals surface area contributed by atoms with E-state index in [4.69, 9.17) is 4.42 Å². The molecular weight excluding hydrogens is 711 g/mol. The summed E-state index contributed by atoms with van der Waals surface area (Å²) < 4.78 is 9.51. The van der Waals surface area contributed by atoms with Gasteiger partial charge in [0.1, 0.15) is 11.2 Å². The number of hydrogen-bond donors (Lipinski definition) is 0. The Labute approximate surface area is 333 Å². The van der Waals surface area contributed by atoms with Gasteiger partial charge in [-0.05, 0) is 104 Å². The van der Waals surface area contributed by atoms with E-state index in [1.807, 2.05) is 11.3 Å². The van der Waals surface area contributed by atoms with Crippen LogP contribution < -0.4 is 4.90 Å². The molecule has 266 valence electrons. The van der Waals surface area contributed by atoms with E-state index in [0.29, 0.717) is 0 Å². The molecule has 0 radical (unpaired) electrons. The van der Waals surface area contributed by atoms with Gasteiger partial charge in [-0.2, -0.15) is 0 Å². The first-order chi connectivity index (χ1) is 28.2. The number of benzene rings is 10. The van der Waals surface area contributed by atoms with Crippen molar-refractivity contribution < 1.29 is 4.42 Å². The number of anilines is 3. The Bertz CT molecular complexity index is 3460. The molecule has 0 aliphatic carbocycles. The predicted molar refractivity (Wildman–Crippen MR) is 245 cm³/mol. The molecule has 2 aromatic heterocycles. The minimum Gasteiger partial charge on any atom is -0.455 e. The van der Waals surface area contributed by atoms with Crippen molar-refractivity contribution in [2.24, 2.45) is 0 Å². The molecule has 0 atom stereocenters. The van der Waals surface area contributed by atoms with E-state index >= 15 is 0 Å².